The maximum absolute atomic E-state index is 12.3. The van der Waals surface area contributed by atoms with Crippen molar-refractivity contribution in [2.24, 2.45) is 0 Å². The third-order valence-electron chi connectivity index (χ3n) is 6.30. The van der Waals surface area contributed by atoms with Crippen molar-refractivity contribution >= 4 is 11.8 Å². The molecule has 0 unspecified atom stereocenters. The van der Waals surface area contributed by atoms with E-state index < -0.39 is 5.97 Å². The van der Waals surface area contributed by atoms with Gasteiger partial charge in [0, 0.05) is 6.42 Å². The average molecular weight is 466 g/mol. The van der Waals surface area contributed by atoms with Gasteiger partial charge >= 0.3 is 5.97 Å². The SMILES string of the molecule is CCCCCCCC/C=C\CCCCCCCC(=O)CN(CCCCCCCC)CC(=O)O. The van der Waals surface area contributed by atoms with E-state index in [1.807, 2.05) is 4.90 Å². The van der Waals surface area contributed by atoms with Crippen LogP contribution in [0.2, 0.25) is 0 Å². The zero-order valence-corrected chi connectivity index (χ0v) is 22.1. The van der Waals surface area contributed by atoms with E-state index in [1.54, 1.807) is 0 Å². The number of allylic oxidation sites excluding steroid dienone is 2. The van der Waals surface area contributed by atoms with Gasteiger partial charge in [-0.15, -0.1) is 0 Å². The van der Waals surface area contributed by atoms with Gasteiger partial charge in [0.05, 0.1) is 13.1 Å². The fourth-order valence-electron chi connectivity index (χ4n) is 4.24. The molecule has 0 aromatic heterocycles. The normalized spacial score (nSPS) is 11.6. The molecule has 194 valence electrons. The van der Waals surface area contributed by atoms with Gasteiger partial charge in [-0.25, -0.2) is 0 Å². The van der Waals surface area contributed by atoms with Crippen LogP contribution in [-0.2, 0) is 9.59 Å². The number of carboxylic acids is 1. The fraction of sp³-hybridized carbons (Fsp3) is 0.862. The number of hydrogen-bond acceptors (Lipinski definition) is 3. The molecular formula is C29H55NO3. The van der Waals surface area contributed by atoms with Crippen LogP contribution in [-0.4, -0.2) is 41.4 Å². The molecule has 0 aromatic rings. The number of nitrogens with zero attached hydrogens (tertiary/aromatic N) is 1. The molecule has 0 amide bonds. The number of rotatable bonds is 26. The first-order valence-electron chi connectivity index (χ1n) is 14.2. The molecule has 0 heterocycles. The maximum Gasteiger partial charge on any atom is 0.317 e. The molecule has 1 N–H and O–H groups in total. The highest BCUT2D eigenvalue weighted by Gasteiger charge is 2.13. The van der Waals surface area contributed by atoms with Crippen LogP contribution in [0, 0.1) is 0 Å². The molecule has 0 fully saturated rings. The molecule has 0 bridgehead atoms. The lowest BCUT2D eigenvalue weighted by Gasteiger charge is -2.19. The van der Waals surface area contributed by atoms with E-state index >= 15 is 0 Å². The number of carbonyl (C=O) groups excluding carboxylic acids is 1. The Labute approximate surface area is 205 Å². The molecule has 0 saturated heterocycles. The Morgan fingerprint density at radius 1 is 0.606 bits per heavy atom. The predicted molar refractivity (Wildman–Crippen MR) is 142 cm³/mol. The Kier molecular flexibility index (Phi) is 24.6. The number of carboxylic acid groups (broad SMARTS) is 1. The minimum Gasteiger partial charge on any atom is -0.480 e. The quantitative estimate of drug-likeness (QED) is 0.103. The van der Waals surface area contributed by atoms with Crippen molar-refractivity contribution in [3.63, 3.8) is 0 Å². The second-order valence-electron chi connectivity index (χ2n) is 9.75. The highest BCUT2D eigenvalue weighted by atomic mass is 16.4. The number of unbranched alkanes of at least 4 members (excludes halogenated alkanes) is 16. The second-order valence-corrected chi connectivity index (χ2v) is 9.75. The van der Waals surface area contributed by atoms with Crippen molar-refractivity contribution in [3.05, 3.63) is 12.2 Å². The highest BCUT2D eigenvalue weighted by molar-refractivity contribution is 5.81. The van der Waals surface area contributed by atoms with Crippen molar-refractivity contribution in [1.82, 2.24) is 4.90 Å². The molecular weight excluding hydrogens is 410 g/mol. The monoisotopic (exact) mass is 465 g/mol. The standard InChI is InChI=1S/C29H55NO3/c1-3-5-7-9-11-12-13-14-15-16-17-18-19-20-22-24-28(31)26-30(27-29(32)33)25-23-21-10-8-6-4-2/h14-15H,3-13,16-27H2,1-2H3,(H,32,33)/b15-14-. The van der Waals surface area contributed by atoms with Crippen LogP contribution >= 0.6 is 0 Å². The van der Waals surface area contributed by atoms with Crippen LogP contribution in [0.5, 0.6) is 0 Å². The summed E-state index contributed by atoms with van der Waals surface area (Å²) in [7, 11) is 0. The lowest BCUT2D eigenvalue weighted by Crippen LogP contribution is -2.35. The Balaban J connectivity index is 3.66. The predicted octanol–water partition coefficient (Wildman–Crippen LogP) is 8.34. The summed E-state index contributed by atoms with van der Waals surface area (Å²) in [5.41, 5.74) is 0. The molecule has 0 aromatic carbocycles. The summed E-state index contributed by atoms with van der Waals surface area (Å²) in [4.78, 5) is 25.2. The number of aliphatic carboxylic acids is 1. The maximum atomic E-state index is 12.3. The molecule has 0 aliphatic carbocycles. The number of hydrogen-bond donors (Lipinski definition) is 1. The molecule has 0 aliphatic rings. The van der Waals surface area contributed by atoms with E-state index in [2.05, 4.69) is 26.0 Å². The van der Waals surface area contributed by atoms with Crippen molar-refractivity contribution in [2.75, 3.05) is 19.6 Å². The van der Waals surface area contributed by atoms with Gasteiger partial charge in [-0.3, -0.25) is 14.5 Å². The number of Topliss-reactive ketones (excluding diaryl/α,β-unsaturated/α-hetero) is 1. The third kappa shape index (κ3) is 25.3. The van der Waals surface area contributed by atoms with Crippen LogP contribution in [0.4, 0.5) is 0 Å². The van der Waals surface area contributed by atoms with E-state index in [4.69, 9.17) is 5.11 Å². The summed E-state index contributed by atoms with van der Waals surface area (Å²) in [6, 6.07) is 0. The zero-order chi connectivity index (χ0) is 24.4. The zero-order valence-electron chi connectivity index (χ0n) is 22.1. The summed E-state index contributed by atoms with van der Waals surface area (Å²) in [6.07, 6.45) is 28.7. The highest BCUT2D eigenvalue weighted by Crippen LogP contribution is 2.11. The molecule has 0 rings (SSSR count). The Hall–Kier alpha value is -1.16. The van der Waals surface area contributed by atoms with Gasteiger partial charge in [0.2, 0.25) is 0 Å². The summed E-state index contributed by atoms with van der Waals surface area (Å²) in [6.45, 7) is 5.46. The Morgan fingerprint density at radius 2 is 1.06 bits per heavy atom. The number of carbonyl (C=O) groups is 2. The van der Waals surface area contributed by atoms with Gasteiger partial charge in [0.15, 0.2) is 0 Å². The van der Waals surface area contributed by atoms with Crippen molar-refractivity contribution in [3.8, 4) is 0 Å². The summed E-state index contributed by atoms with van der Waals surface area (Å²) < 4.78 is 0. The van der Waals surface area contributed by atoms with Gasteiger partial charge in [-0.2, -0.15) is 0 Å². The molecule has 4 heteroatoms. The minimum absolute atomic E-state index is 0.0208. The molecule has 0 atom stereocenters. The van der Waals surface area contributed by atoms with E-state index in [9.17, 15) is 9.59 Å². The van der Waals surface area contributed by atoms with Gasteiger partial charge in [0.25, 0.3) is 0 Å². The molecule has 0 radical (unpaired) electrons. The Morgan fingerprint density at radius 3 is 1.58 bits per heavy atom. The smallest absolute Gasteiger partial charge is 0.317 e. The van der Waals surface area contributed by atoms with E-state index in [1.165, 1.54) is 96.3 Å². The molecule has 4 nitrogen and oxygen atoms in total. The summed E-state index contributed by atoms with van der Waals surface area (Å²) >= 11 is 0. The van der Waals surface area contributed by atoms with Gasteiger partial charge in [-0.1, -0.05) is 109 Å². The lowest BCUT2D eigenvalue weighted by molar-refractivity contribution is -0.138. The van der Waals surface area contributed by atoms with Crippen LogP contribution in [0.25, 0.3) is 0 Å². The lowest BCUT2D eigenvalue weighted by atomic mass is 10.1. The Bertz CT molecular complexity index is 475. The third-order valence-corrected chi connectivity index (χ3v) is 6.30. The van der Waals surface area contributed by atoms with Crippen LogP contribution in [0.1, 0.15) is 142 Å². The summed E-state index contributed by atoms with van der Waals surface area (Å²) in [5, 5.41) is 9.13. The van der Waals surface area contributed by atoms with Crippen LogP contribution in [0.3, 0.4) is 0 Å². The topological polar surface area (TPSA) is 57.6 Å². The molecule has 33 heavy (non-hydrogen) atoms. The van der Waals surface area contributed by atoms with E-state index in [0.717, 1.165) is 32.2 Å². The van der Waals surface area contributed by atoms with Crippen molar-refractivity contribution < 1.29 is 14.7 Å². The first kappa shape index (κ1) is 31.8. The molecule has 0 aliphatic heterocycles. The van der Waals surface area contributed by atoms with Crippen molar-refractivity contribution in [2.45, 2.75) is 142 Å². The van der Waals surface area contributed by atoms with Crippen LogP contribution < -0.4 is 0 Å². The first-order chi connectivity index (χ1) is 16.1. The van der Waals surface area contributed by atoms with E-state index in [0.29, 0.717) is 13.0 Å². The minimum atomic E-state index is -0.838. The van der Waals surface area contributed by atoms with Crippen LogP contribution in [0.15, 0.2) is 12.2 Å². The van der Waals surface area contributed by atoms with Gasteiger partial charge < -0.3 is 5.11 Å². The fourth-order valence-corrected chi connectivity index (χ4v) is 4.24. The molecule has 0 spiro atoms. The number of ketones is 1. The second kappa shape index (κ2) is 25.5. The average Bonchev–Trinajstić information content (AvgIpc) is 2.78. The van der Waals surface area contributed by atoms with Gasteiger partial charge in [0.1, 0.15) is 5.78 Å². The largest absolute Gasteiger partial charge is 0.480 e. The van der Waals surface area contributed by atoms with E-state index in [-0.39, 0.29) is 12.3 Å². The molecule has 0 saturated carbocycles. The van der Waals surface area contributed by atoms with Crippen molar-refractivity contribution in [1.29, 1.82) is 0 Å². The first-order valence-corrected chi connectivity index (χ1v) is 14.2. The summed E-state index contributed by atoms with van der Waals surface area (Å²) in [5.74, 6) is -0.644. The van der Waals surface area contributed by atoms with Gasteiger partial charge in [-0.05, 0) is 45.1 Å².